The number of phenolic OH excluding ortho intramolecular Hbond substituents is 1. The van der Waals surface area contributed by atoms with E-state index in [0.717, 1.165) is 48.3 Å². The summed E-state index contributed by atoms with van der Waals surface area (Å²) in [6.07, 6.45) is 8.49. The van der Waals surface area contributed by atoms with Gasteiger partial charge >= 0.3 is 0 Å². The molecule has 3 aromatic rings. The van der Waals surface area contributed by atoms with E-state index in [1.165, 1.54) is 5.56 Å². The average Bonchev–Trinajstić information content (AvgIpc) is 3.31. The lowest BCUT2D eigenvalue weighted by molar-refractivity contribution is 0.124. The van der Waals surface area contributed by atoms with Crippen LogP contribution in [0.3, 0.4) is 0 Å². The van der Waals surface area contributed by atoms with Crippen molar-refractivity contribution in [1.82, 2.24) is 15.0 Å². The van der Waals surface area contributed by atoms with Crippen LogP contribution >= 0.6 is 0 Å². The van der Waals surface area contributed by atoms with Gasteiger partial charge in [0.25, 0.3) is 0 Å². The van der Waals surface area contributed by atoms with Gasteiger partial charge in [-0.1, -0.05) is 35.5 Å². The zero-order valence-electron chi connectivity index (χ0n) is 15.0. The highest BCUT2D eigenvalue weighted by Crippen LogP contribution is 2.46. The Morgan fingerprint density at radius 2 is 1.89 bits per heavy atom. The molecule has 2 heterocycles. The highest BCUT2D eigenvalue weighted by Gasteiger charge is 2.39. The van der Waals surface area contributed by atoms with Gasteiger partial charge < -0.3 is 9.84 Å². The summed E-state index contributed by atoms with van der Waals surface area (Å²) in [6.45, 7) is 0.686. The molecule has 5 nitrogen and oxygen atoms in total. The summed E-state index contributed by atoms with van der Waals surface area (Å²) in [5, 5.41) is 18.7. The van der Waals surface area contributed by atoms with E-state index < -0.39 is 0 Å². The van der Waals surface area contributed by atoms with E-state index in [2.05, 4.69) is 28.5 Å². The number of phenols is 1. The molecule has 1 fully saturated rings. The molecule has 136 valence electrons. The maximum Gasteiger partial charge on any atom is 0.132 e. The van der Waals surface area contributed by atoms with Gasteiger partial charge in [-0.15, -0.1) is 5.10 Å². The molecule has 1 saturated carbocycles. The summed E-state index contributed by atoms with van der Waals surface area (Å²) in [6, 6.07) is 15.5. The quantitative estimate of drug-likeness (QED) is 0.762. The van der Waals surface area contributed by atoms with Gasteiger partial charge in [0.15, 0.2) is 0 Å². The Kier molecular flexibility index (Phi) is 3.74. The molecule has 0 bridgehead atoms. The van der Waals surface area contributed by atoms with Crippen LogP contribution in [0.2, 0.25) is 0 Å². The number of hydrogen-bond acceptors (Lipinski definition) is 4. The number of rotatable bonds is 3. The van der Waals surface area contributed by atoms with Crippen molar-refractivity contribution in [2.45, 2.75) is 37.8 Å². The van der Waals surface area contributed by atoms with Gasteiger partial charge in [-0.05, 0) is 49.5 Å². The van der Waals surface area contributed by atoms with Gasteiger partial charge in [0.05, 0.1) is 12.7 Å². The minimum absolute atomic E-state index is 0.218. The number of benzene rings is 2. The Morgan fingerprint density at radius 3 is 2.70 bits per heavy atom. The lowest BCUT2D eigenvalue weighted by atomic mass is 9.89. The molecule has 5 heteroatoms. The summed E-state index contributed by atoms with van der Waals surface area (Å²) in [5.74, 6) is 0.947. The number of fused-ring (bicyclic) bond motifs is 1. The predicted molar refractivity (Wildman–Crippen MR) is 103 cm³/mol. The van der Waals surface area contributed by atoms with Crippen molar-refractivity contribution in [2.24, 2.45) is 0 Å². The fourth-order valence-corrected chi connectivity index (χ4v) is 4.11. The molecule has 1 aromatic heterocycles. The molecule has 1 spiro atoms. The van der Waals surface area contributed by atoms with Crippen molar-refractivity contribution in [3.8, 4) is 11.5 Å². The van der Waals surface area contributed by atoms with Crippen LogP contribution in [-0.4, -0.2) is 25.7 Å². The zero-order chi connectivity index (χ0) is 18.3. The van der Waals surface area contributed by atoms with E-state index in [1.54, 1.807) is 12.1 Å². The predicted octanol–water partition coefficient (Wildman–Crippen LogP) is 4.17. The first kappa shape index (κ1) is 16.1. The number of nitrogens with zero attached hydrogens (tertiary/aromatic N) is 3. The first-order valence-corrected chi connectivity index (χ1v) is 9.41. The summed E-state index contributed by atoms with van der Waals surface area (Å²) in [7, 11) is 0. The Morgan fingerprint density at radius 1 is 1.07 bits per heavy atom. The monoisotopic (exact) mass is 359 g/mol. The van der Waals surface area contributed by atoms with Crippen LogP contribution in [0.1, 0.15) is 42.5 Å². The topological polar surface area (TPSA) is 60.2 Å². The van der Waals surface area contributed by atoms with E-state index in [1.807, 2.05) is 35.1 Å². The van der Waals surface area contributed by atoms with Gasteiger partial charge in [0, 0.05) is 17.2 Å². The summed E-state index contributed by atoms with van der Waals surface area (Å²) in [4.78, 5) is 0. The lowest BCUT2D eigenvalue weighted by Gasteiger charge is -2.33. The third-order valence-electron chi connectivity index (χ3n) is 5.43. The van der Waals surface area contributed by atoms with Crippen LogP contribution < -0.4 is 4.74 Å². The van der Waals surface area contributed by atoms with Crippen LogP contribution in [0.15, 0.2) is 60.8 Å². The van der Waals surface area contributed by atoms with Crippen molar-refractivity contribution < 1.29 is 9.84 Å². The second kappa shape index (κ2) is 6.27. The molecule has 2 aromatic carbocycles. The fraction of sp³-hybridized carbons (Fsp3) is 0.273. The largest absolute Gasteiger partial charge is 0.508 e. The Hall–Kier alpha value is -3.08. The molecule has 0 saturated heterocycles. The molecule has 1 aliphatic carbocycles. The summed E-state index contributed by atoms with van der Waals surface area (Å²) >= 11 is 0. The molecule has 27 heavy (non-hydrogen) atoms. The van der Waals surface area contributed by atoms with Gasteiger partial charge in [-0.3, -0.25) is 0 Å². The normalized spacial score (nSPS) is 17.4. The SMILES string of the molecule is Oc1ccc2c(c1)OC1(C=C2c2cn(Cc3ccccc3)nn2)CCCC1. The maximum absolute atomic E-state index is 9.91. The molecule has 0 unspecified atom stereocenters. The first-order chi connectivity index (χ1) is 13.2. The average molecular weight is 359 g/mol. The molecule has 0 radical (unpaired) electrons. The summed E-state index contributed by atoms with van der Waals surface area (Å²) < 4.78 is 8.19. The van der Waals surface area contributed by atoms with Gasteiger partial charge in [-0.25, -0.2) is 4.68 Å². The number of ether oxygens (including phenoxy) is 1. The third-order valence-corrected chi connectivity index (χ3v) is 5.43. The van der Waals surface area contributed by atoms with Crippen LogP contribution in [0.25, 0.3) is 5.57 Å². The number of aromatic nitrogens is 3. The van der Waals surface area contributed by atoms with E-state index in [9.17, 15) is 5.11 Å². The first-order valence-electron chi connectivity index (χ1n) is 9.41. The number of aromatic hydroxyl groups is 1. The van der Waals surface area contributed by atoms with E-state index in [-0.39, 0.29) is 11.4 Å². The Labute approximate surface area is 157 Å². The van der Waals surface area contributed by atoms with Crippen LogP contribution in [0, 0.1) is 0 Å². The molecule has 1 N–H and O–H groups in total. The molecular weight excluding hydrogens is 338 g/mol. The molecular formula is C22H21N3O2. The van der Waals surface area contributed by atoms with E-state index in [0.29, 0.717) is 6.54 Å². The smallest absolute Gasteiger partial charge is 0.132 e. The van der Waals surface area contributed by atoms with Gasteiger partial charge in [0.1, 0.15) is 22.8 Å². The molecule has 1 aliphatic heterocycles. The highest BCUT2D eigenvalue weighted by molar-refractivity contribution is 5.83. The van der Waals surface area contributed by atoms with Crippen molar-refractivity contribution in [3.63, 3.8) is 0 Å². The van der Waals surface area contributed by atoms with Crippen LogP contribution in [-0.2, 0) is 6.54 Å². The van der Waals surface area contributed by atoms with Gasteiger partial charge in [-0.2, -0.15) is 0 Å². The van der Waals surface area contributed by atoms with Crippen molar-refractivity contribution in [1.29, 1.82) is 0 Å². The standard InChI is InChI=1S/C22H21N3O2/c26-17-8-9-18-19(13-22(10-4-5-11-22)27-21(18)12-17)20-15-25(24-23-20)14-16-6-2-1-3-7-16/h1-3,6-9,12-13,15,26H,4-5,10-11,14H2. The molecule has 0 amide bonds. The molecule has 2 aliphatic rings. The highest BCUT2D eigenvalue weighted by atomic mass is 16.5. The maximum atomic E-state index is 9.91. The van der Waals surface area contributed by atoms with E-state index >= 15 is 0 Å². The lowest BCUT2D eigenvalue weighted by Crippen LogP contribution is -2.33. The Bertz CT molecular complexity index is 1000. The van der Waals surface area contributed by atoms with Crippen molar-refractivity contribution in [2.75, 3.05) is 0 Å². The minimum atomic E-state index is -0.292. The fourth-order valence-electron chi connectivity index (χ4n) is 4.11. The molecule has 5 rings (SSSR count). The number of hydrogen-bond donors (Lipinski definition) is 1. The third kappa shape index (κ3) is 2.99. The Balaban J connectivity index is 1.53. The van der Waals surface area contributed by atoms with Crippen molar-refractivity contribution >= 4 is 5.57 Å². The molecule has 0 atom stereocenters. The second-order valence-corrected chi connectivity index (χ2v) is 7.40. The minimum Gasteiger partial charge on any atom is -0.508 e. The van der Waals surface area contributed by atoms with Crippen LogP contribution in [0.5, 0.6) is 11.5 Å². The zero-order valence-corrected chi connectivity index (χ0v) is 15.0. The van der Waals surface area contributed by atoms with E-state index in [4.69, 9.17) is 4.74 Å². The summed E-state index contributed by atoms with van der Waals surface area (Å²) in [5.41, 5.74) is 3.73. The van der Waals surface area contributed by atoms with Gasteiger partial charge in [0.2, 0.25) is 0 Å². The van der Waals surface area contributed by atoms with Crippen molar-refractivity contribution in [3.05, 3.63) is 77.6 Å². The second-order valence-electron chi connectivity index (χ2n) is 7.40. The van der Waals surface area contributed by atoms with Crippen LogP contribution in [0.4, 0.5) is 0 Å².